The highest BCUT2D eigenvalue weighted by Gasteiger charge is 2.38. The summed E-state index contributed by atoms with van der Waals surface area (Å²) in [5.74, 6) is -3.16. The number of carbonyl (C=O) groups excluding carboxylic acids is 1. The van der Waals surface area contributed by atoms with Crippen LogP contribution >= 0.6 is 0 Å². The van der Waals surface area contributed by atoms with Crippen molar-refractivity contribution in [3.63, 3.8) is 0 Å². The van der Waals surface area contributed by atoms with Crippen LogP contribution in [0, 0.1) is 0 Å². The topological polar surface area (TPSA) is 103 Å². The maximum atomic E-state index is 11.7. The van der Waals surface area contributed by atoms with Crippen LogP contribution in [0.25, 0.3) is 0 Å². The molecule has 0 fully saturated rings. The van der Waals surface area contributed by atoms with Gasteiger partial charge < -0.3 is 15.6 Å². The van der Waals surface area contributed by atoms with Crippen molar-refractivity contribution in [3.05, 3.63) is 66.0 Å². The third kappa shape index (κ3) is 8.25. The second kappa shape index (κ2) is 10.1. The molecule has 3 N–H and O–H groups in total. The molecule has 1 atom stereocenters. The molecule has 1 aromatic heterocycles. The Bertz CT molecular complexity index is 694. The number of carboxylic acid groups (broad SMARTS) is 1. The van der Waals surface area contributed by atoms with E-state index in [1.807, 2.05) is 48.5 Å². The number of alkyl halides is 3. The Hall–Kier alpha value is -2.94. The number of esters is 1. The van der Waals surface area contributed by atoms with Crippen molar-refractivity contribution in [3.8, 4) is 0 Å². The minimum absolute atomic E-state index is 0.246. The van der Waals surface area contributed by atoms with E-state index >= 15 is 0 Å². The van der Waals surface area contributed by atoms with Crippen LogP contribution in [0.2, 0.25) is 0 Å². The molecule has 2 rings (SSSR count). The highest BCUT2D eigenvalue weighted by atomic mass is 19.4. The van der Waals surface area contributed by atoms with E-state index in [0.29, 0.717) is 6.42 Å². The molecule has 0 unspecified atom stereocenters. The molecule has 0 amide bonds. The van der Waals surface area contributed by atoms with Gasteiger partial charge in [0, 0.05) is 18.3 Å². The Kier molecular flexibility index (Phi) is 8.23. The smallest absolute Gasteiger partial charge is 0.475 e. The van der Waals surface area contributed by atoms with Gasteiger partial charge in [0.05, 0.1) is 0 Å². The van der Waals surface area contributed by atoms with Gasteiger partial charge in [-0.3, -0.25) is 9.78 Å². The maximum Gasteiger partial charge on any atom is 0.490 e. The summed E-state index contributed by atoms with van der Waals surface area (Å²) in [7, 11) is 0. The summed E-state index contributed by atoms with van der Waals surface area (Å²) in [5, 5.41) is 7.12. The molecule has 0 aliphatic heterocycles. The third-order valence-corrected chi connectivity index (χ3v) is 2.92. The number of nitrogens with zero attached hydrogens (tertiary/aromatic N) is 1. The number of ether oxygens (including phenoxy) is 1. The van der Waals surface area contributed by atoms with Crippen molar-refractivity contribution in [1.29, 1.82) is 0 Å². The molecule has 1 aromatic carbocycles. The van der Waals surface area contributed by atoms with Crippen LogP contribution in [0.5, 0.6) is 0 Å². The molecule has 0 spiro atoms. The predicted octanol–water partition coefficient (Wildman–Crippen LogP) is 2.33. The van der Waals surface area contributed by atoms with Gasteiger partial charge in [0.2, 0.25) is 0 Å². The standard InChI is InChI=1S/C15H16N2O2.C2HF3O2/c16-14(10-13-8-4-5-9-17-13)15(18)19-11-12-6-2-1-3-7-12;3-2(4,5)1(6)7/h1-9,14H,10-11,16H2;(H,6,7)/t14-;/m0./s1. The monoisotopic (exact) mass is 370 g/mol. The molecule has 6 nitrogen and oxygen atoms in total. The van der Waals surface area contributed by atoms with E-state index in [9.17, 15) is 18.0 Å². The molecule has 0 radical (unpaired) electrons. The van der Waals surface area contributed by atoms with Crippen LogP contribution in [-0.2, 0) is 27.4 Å². The molecule has 26 heavy (non-hydrogen) atoms. The molecule has 140 valence electrons. The number of carbonyl (C=O) groups is 2. The summed E-state index contributed by atoms with van der Waals surface area (Å²) in [6.45, 7) is 0.246. The molecular weight excluding hydrogens is 353 g/mol. The Morgan fingerprint density at radius 2 is 1.69 bits per heavy atom. The highest BCUT2D eigenvalue weighted by Crippen LogP contribution is 2.13. The number of benzene rings is 1. The first kappa shape index (κ1) is 21.1. The second-order valence-electron chi connectivity index (χ2n) is 5.03. The number of pyridine rings is 1. The number of halogens is 3. The summed E-state index contributed by atoms with van der Waals surface area (Å²) >= 11 is 0. The highest BCUT2D eigenvalue weighted by molar-refractivity contribution is 5.75. The average Bonchev–Trinajstić information content (AvgIpc) is 2.61. The number of aromatic nitrogens is 1. The molecule has 9 heteroatoms. The number of hydrogen-bond acceptors (Lipinski definition) is 5. The van der Waals surface area contributed by atoms with Gasteiger partial charge in [0.15, 0.2) is 0 Å². The summed E-state index contributed by atoms with van der Waals surface area (Å²) in [4.78, 5) is 24.8. The first-order chi connectivity index (χ1) is 12.2. The lowest BCUT2D eigenvalue weighted by molar-refractivity contribution is -0.192. The first-order valence-electron chi connectivity index (χ1n) is 7.36. The van der Waals surface area contributed by atoms with Crippen molar-refractivity contribution >= 4 is 11.9 Å². The van der Waals surface area contributed by atoms with Crippen molar-refractivity contribution in [2.75, 3.05) is 0 Å². The number of nitrogens with two attached hydrogens (primary N) is 1. The van der Waals surface area contributed by atoms with Crippen molar-refractivity contribution < 1.29 is 32.6 Å². The zero-order chi connectivity index (χ0) is 19.6. The second-order valence-corrected chi connectivity index (χ2v) is 5.03. The molecule has 0 bridgehead atoms. The van der Waals surface area contributed by atoms with Gasteiger partial charge in [0.1, 0.15) is 12.6 Å². The molecule has 2 aromatic rings. The minimum Gasteiger partial charge on any atom is -0.475 e. The van der Waals surface area contributed by atoms with E-state index in [0.717, 1.165) is 11.3 Å². The molecule has 0 aliphatic carbocycles. The van der Waals surface area contributed by atoms with Crippen molar-refractivity contribution in [2.45, 2.75) is 25.2 Å². The number of rotatable bonds is 5. The van der Waals surface area contributed by atoms with Crippen LogP contribution in [0.4, 0.5) is 13.2 Å². The lowest BCUT2D eigenvalue weighted by Gasteiger charge is -2.11. The van der Waals surface area contributed by atoms with Crippen LogP contribution in [0.3, 0.4) is 0 Å². The Balaban J connectivity index is 0.000000412. The fourth-order valence-electron chi connectivity index (χ4n) is 1.66. The van der Waals surface area contributed by atoms with Crippen LogP contribution < -0.4 is 5.73 Å². The molecular formula is C17H17F3N2O4. The van der Waals surface area contributed by atoms with E-state index in [1.54, 1.807) is 6.20 Å². The van der Waals surface area contributed by atoms with Gasteiger partial charge in [0.25, 0.3) is 0 Å². The SMILES string of the molecule is N[C@@H](Cc1ccccn1)C(=O)OCc1ccccc1.O=C(O)C(F)(F)F. The maximum absolute atomic E-state index is 11.7. The number of aliphatic carboxylic acids is 1. The Labute approximate surface area is 147 Å². The quantitative estimate of drug-likeness (QED) is 0.783. The van der Waals surface area contributed by atoms with Gasteiger partial charge in [-0.15, -0.1) is 0 Å². The lowest BCUT2D eigenvalue weighted by atomic mass is 10.1. The fourth-order valence-corrected chi connectivity index (χ4v) is 1.66. The van der Waals surface area contributed by atoms with Crippen LogP contribution in [0.1, 0.15) is 11.3 Å². The third-order valence-electron chi connectivity index (χ3n) is 2.92. The van der Waals surface area contributed by atoms with Gasteiger partial charge in [-0.1, -0.05) is 36.4 Å². The van der Waals surface area contributed by atoms with Gasteiger partial charge in [-0.25, -0.2) is 4.79 Å². The lowest BCUT2D eigenvalue weighted by Crippen LogP contribution is -2.34. The van der Waals surface area contributed by atoms with Crippen LogP contribution in [-0.4, -0.2) is 34.2 Å². The van der Waals surface area contributed by atoms with Crippen molar-refractivity contribution in [2.24, 2.45) is 5.73 Å². The van der Waals surface area contributed by atoms with Gasteiger partial charge in [-0.2, -0.15) is 13.2 Å². The largest absolute Gasteiger partial charge is 0.490 e. The zero-order valence-electron chi connectivity index (χ0n) is 13.5. The minimum atomic E-state index is -5.08. The predicted molar refractivity (Wildman–Crippen MR) is 85.8 cm³/mol. The zero-order valence-corrected chi connectivity index (χ0v) is 13.5. The van der Waals surface area contributed by atoms with E-state index in [-0.39, 0.29) is 6.61 Å². The molecule has 0 aliphatic rings. The van der Waals surface area contributed by atoms with E-state index in [1.165, 1.54) is 0 Å². The van der Waals surface area contributed by atoms with Gasteiger partial charge in [-0.05, 0) is 17.7 Å². The fraction of sp³-hybridized carbons (Fsp3) is 0.235. The number of carboxylic acids is 1. The average molecular weight is 370 g/mol. The summed E-state index contributed by atoms with van der Waals surface area (Å²) in [5.41, 5.74) is 7.53. The van der Waals surface area contributed by atoms with Crippen molar-refractivity contribution in [1.82, 2.24) is 4.98 Å². The van der Waals surface area contributed by atoms with E-state index < -0.39 is 24.2 Å². The Morgan fingerprint density at radius 1 is 1.12 bits per heavy atom. The first-order valence-corrected chi connectivity index (χ1v) is 7.36. The Morgan fingerprint density at radius 3 is 2.19 bits per heavy atom. The van der Waals surface area contributed by atoms with E-state index in [4.69, 9.17) is 20.4 Å². The summed E-state index contributed by atoms with van der Waals surface area (Å²) in [6.07, 6.45) is -3.02. The molecule has 0 saturated carbocycles. The summed E-state index contributed by atoms with van der Waals surface area (Å²) < 4.78 is 36.9. The summed E-state index contributed by atoms with van der Waals surface area (Å²) in [6, 6.07) is 14.4. The van der Waals surface area contributed by atoms with Gasteiger partial charge >= 0.3 is 18.1 Å². The van der Waals surface area contributed by atoms with E-state index in [2.05, 4.69) is 4.98 Å². The number of hydrogen-bond donors (Lipinski definition) is 2. The molecule has 0 saturated heterocycles. The normalized spacial score (nSPS) is 11.7. The van der Waals surface area contributed by atoms with Crippen LogP contribution in [0.15, 0.2) is 54.7 Å². The molecule has 1 heterocycles.